The molecule has 1 aromatic carbocycles. The predicted molar refractivity (Wildman–Crippen MR) is 80.9 cm³/mol. The summed E-state index contributed by atoms with van der Waals surface area (Å²) < 4.78 is 5.24. The Morgan fingerprint density at radius 1 is 1.55 bits per heavy atom. The SMILES string of the molecule is COc1ccc(N)cc1NC(=O)C(C)N1CCC(C)C1. The lowest BCUT2D eigenvalue weighted by Gasteiger charge is -2.23. The van der Waals surface area contributed by atoms with Gasteiger partial charge < -0.3 is 15.8 Å². The normalized spacial score (nSPS) is 20.6. The number of rotatable bonds is 4. The first-order valence-electron chi connectivity index (χ1n) is 6.99. The molecule has 0 bridgehead atoms. The molecule has 0 radical (unpaired) electrons. The number of ether oxygens (including phenoxy) is 1. The molecule has 1 amide bonds. The number of benzene rings is 1. The highest BCUT2D eigenvalue weighted by molar-refractivity contribution is 5.96. The van der Waals surface area contributed by atoms with Gasteiger partial charge in [0, 0.05) is 12.2 Å². The molecule has 2 unspecified atom stereocenters. The zero-order valence-corrected chi connectivity index (χ0v) is 12.3. The van der Waals surface area contributed by atoms with Crippen LogP contribution in [0.3, 0.4) is 0 Å². The number of anilines is 2. The van der Waals surface area contributed by atoms with E-state index in [9.17, 15) is 4.79 Å². The van der Waals surface area contributed by atoms with Crippen molar-refractivity contribution in [3.63, 3.8) is 0 Å². The number of carbonyl (C=O) groups excluding carboxylic acids is 1. The third-order valence-corrected chi connectivity index (χ3v) is 3.86. The minimum Gasteiger partial charge on any atom is -0.495 e. The Hall–Kier alpha value is -1.75. The van der Waals surface area contributed by atoms with Gasteiger partial charge in [-0.3, -0.25) is 9.69 Å². The van der Waals surface area contributed by atoms with Crippen LogP contribution in [0.2, 0.25) is 0 Å². The van der Waals surface area contributed by atoms with Gasteiger partial charge in [-0.1, -0.05) is 6.92 Å². The highest BCUT2D eigenvalue weighted by Gasteiger charge is 2.27. The molecular formula is C15H23N3O2. The lowest BCUT2D eigenvalue weighted by Crippen LogP contribution is -2.40. The maximum atomic E-state index is 12.3. The van der Waals surface area contributed by atoms with E-state index in [1.807, 2.05) is 6.92 Å². The molecule has 1 aliphatic rings. The van der Waals surface area contributed by atoms with Crippen LogP contribution in [0, 0.1) is 5.92 Å². The summed E-state index contributed by atoms with van der Waals surface area (Å²) in [6, 6.07) is 5.08. The van der Waals surface area contributed by atoms with Crippen molar-refractivity contribution in [3.8, 4) is 5.75 Å². The van der Waals surface area contributed by atoms with Crippen LogP contribution < -0.4 is 15.8 Å². The fourth-order valence-electron chi connectivity index (χ4n) is 2.55. The van der Waals surface area contributed by atoms with Crippen LogP contribution in [-0.2, 0) is 4.79 Å². The molecule has 1 saturated heterocycles. The molecule has 2 atom stereocenters. The fourth-order valence-corrected chi connectivity index (χ4v) is 2.55. The van der Waals surface area contributed by atoms with E-state index in [0.717, 1.165) is 19.5 Å². The summed E-state index contributed by atoms with van der Waals surface area (Å²) in [5, 5.41) is 2.91. The maximum Gasteiger partial charge on any atom is 0.241 e. The number of hydrogen-bond acceptors (Lipinski definition) is 4. The Bertz CT molecular complexity index is 490. The molecule has 20 heavy (non-hydrogen) atoms. The molecular weight excluding hydrogens is 254 g/mol. The number of amides is 1. The molecule has 5 nitrogen and oxygen atoms in total. The summed E-state index contributed by atoms with van der Waals surface area (Å²) in [4.78, 5) is 14.5. The van der Waals surface area contributed by atoms with E-state index in [4.69, 9.17) is 10.5 Å². The van der Waals surface area contributed by atoms with Gasteiger partial charge in [-0.15, -0.1) is 0 Å². The number of likely N-dealkylation sites (tertiary alicyclic amines) is 1. The topological polar surface area (TPSA) is 67.6 Å². The highest BCUT2D eigenvalue weighted by atomic mass is 16.5. The zero-order chi connectivity index (χ0) is 14.7. The molecule has 1 fully saturated rings. The smallest absolute Gasteiger partial charge is 0.241 e. The van der Waals surface area contributed by atoms with E-state index in [-0.39, 0.29) is 11.9 Å². The summed E-state index contributed by atoms with van der Waals surface area (Å²) in [5.41, 5.74) is 6.98. The van der Waals surface area contributed by atoms with Crippen LogP contribution in [-0.4, -0.2) is 37.0 Å². The molecule has 1 aromatic rings. The van der Waals surface area contributed by atoms with Crippen molar-refractivity contribution in [2.45, 2.75) is 26.3 Å². The van der Waals surface area contributed by atoms with E-state index in [0.29, 0.717) is 23.0 Å². The molecule has 2 rings (SSSR count). The van der Waals surface area contributed by atoms with Crippen molar-refractivity contribution in [2.24, 2.45) is 5.92 Å². The molecule has 0 aromatic heterocycles. The molecule has 0 spiro atoms. The van der Waals surface area contributed by atoms with Crippen molar-refractivity contribution in [1.82, 2.24) is 4.90 Å². The number of methoxy groups -OCH3 is 1. The zero-order valence-electron chi connectivity index (χ0n) is 12.3. The van der Waals surface area contributed by atoms with Gasteiger partial charge in [0.25, 0.3) is 0 Å². The summed E-state index contributed by atoms with van der Waals surface area (Å²) in [6.45, 7) is 6.10. The van der Waals surface area contributed by atoms with Crippen LogP contribution in [0.1, 0.15) is 20.3 Å². The molecule has 5 heteroatoms. The lowest BCUT2D eigenvalue weighted by molar-refractivity contribution is -0.120. The number of nitrogen functional groups attached to an aromatic ring is 1. The van der Waals surface area contributed by atoms with Gasteiger partial charge in [-0.05, 0) is 44.0 Å². The number of nitrogens with one attached hydrogen (secondary N) is 1. The summed E-state index contributed by atoms with van der Waals surface area (Å²) in [7, 11) is 1.58. The quantitative estimate of drug-likeness (QED) is 0.825. The summed E-state index contributed by atoms with van der Waals surface area (Å²) in [5.74, 6) is 1.25. The van der Waals surface area contributed by atoms with E-state index >= 15 is 0 Å². The Morgan fingerprint density at radius 2 is 2.30 bits per heavy atom. The first-order valence-corrected chi connectivity index (χ1v) is 6.99. The monoisotopic (exact) mass is 277 g/mol. The van der Waals surface area contributed by atoms with Crippen LogP contribution >= 0.6 is 0 Å². The second-order valence-corrected chi connectivity index (χ2v) is 5.51. The van der Waals surface area contributed by atoms with E-state index in [1.54, 1.807) is 25.3 Å². The van der Waals surface area contributed by atoms with E-state index in [1.165, 1.54) is 0 Å². The minimum absolute atomic E-state index is 0.0250. The average molecular weight is 277 g/mol. The largest absolute Gasteiger partial charge is 0.495 e. The minimum atomic E-state index is -0.147. The van der Waals surface area contributed by atoms with Gasteiger partial charge in [-0.2, -0.15) is 0 Å². The third kappa shape index (κ3) is 3.22. The van der Waals surface area contributed by atoms with Gasteiger partial charge >= 0.3 is 0 Å². The van der Waals surface area contributed by atoms with Crippen molar-refractivity contribution in [1.29, 1.82) is 0 Å². The molecule has 1 heterocycles. The van der Waals surface area contributed by atoms with Crippen molar-refractivity contribution < 1.29 is 9.53 Å². The van der Waals surface area contributed by atoms with E-state index in [2.05, 4.69) is 17.1 Å². The Morgan fingerprint density at radius 3 is 2.90 bits per heavy atom. The van der Waals surface area contributed by atoms with Crippen LogP contribution in [0.15, 0.2) is 18.2 Å². The number of nitrogens with two attached hydrogens (primary N) is 1. The van der Waals surface area contributed by atoms with Gasteiger partial charge in [-0.25, -0.2) is 0 Å². The van der Waals surface area contributed by atoms with Gasteiger partial charge in [0.2, 0.25) is 5.91 Å². The summed E-state index contributed by atoms with van der Waals surface area (Å²) in [6.07, 6.45) is 1.15. The molecule has 3 N–H and O–H groups in total. The second kappa shape index (κ2) is 6.13. The highest BCUT2D eigenvalue weighted by Crippen LogP contribution is 2.27. The Balaban J connectivity index is 2.05. The standard InChI is InChI=1S/C15H23N3O2/c1-10-6-7-18(9-10)11(2)15(19)17-13-8-12(16)4-5-14(13)20-3/h4-5,8,10-11H,6-7,9,16H2,1-3H3,(H,17,19). The first-order chi connectivity index (χ1) is 9.51. The Kier molecular flexibility index (Phi) is 4.49. The van der Waals surface area contributed by atoms with Crippen LogP contribution in [0.5, 0.6) is 5.75 Å². The Labute approximate surface area is 120 Å². The van der Waals surface area contributed by atoms with Gasteiger partial charge in [0.15, 0.2) is 0 Å². The third-order valence-electron chi connectivity index (χ3n) is 3.86. The second-order valence-electron chi connectivity index (χ2n) is 5.51. The van der Waals surface area contributed by atoms with Gasteiger partial charge in [0.05, 0.1) is 18.8 Å². The predicted octanol–water partition coefficient (Wildman–Crippen LogP) is 1.95. The average Bonchev–Trinajstić information content (AvgIpc) is 2.84. The molecule has 1 aliphatic heterocycles. The van der Waals surface area contributed by atoms with Crippen molar-refractivity contribution >= 4 is 17.3 Å². The van der Waals surface area contributed by atoms with Crippen molar-refractivity contribution in [3.05, 3.63) is 18.2 Å². The van der Waals surface area contributed by atoms with Gasteiger partial charge in [0.1, 0.15) is 5.75 Å². The summed E-state index contributed by atoms with van der Waals surface area (Å²) >= 11 is 0. The maximum absolute atomic E-state index is 12.3. The number of nitrogens with zero attached hydrogens (tertiary/aromatic N) is 1. The van der Waals surface area contributed by atoms with E-state index < -0.39 is 0 Å². The molecule has 0 saturated carbocycles. The number of carbonyl (C=O) groups is 1. The number of hydrogen-bond donors (Lipinski definition) is 2. The molecule has 110 valence electrons. The lowest BCUT2D eigenvalue weighted by atomic mass is 10.2. The molecule has 0 aliphatic carbocycles. The first kappa shape index (κ1) is 14.7. The fraction of sp³-hybridized carbons (Fsp3) is 0.533. The van der Waals surface area contributed by atoms with Crippen molar-refractivity contribution in [2.75, 3.05) is 31.2 Å². The van der Waals surface area contributed by atoms with Crippen LogP contribution in [0.25, 0.3) is 0 Å². The van der Waals surface area contributed by atoms with Crippen LogP contribution in [0.4, 0.5) is 11.4 Å².